The van der Waals surface area contributed by atoms with Gasteiger partial charge in [-0.2, -0.15) is 5.26 Å². The van der Waals surface area contributed by atoms with Crippen molar-refractivity contribution in [1.82, 2.24) is 20.9 Å². The predicted molar refractivity (Wildman–Crippen MR) is 122 cm³/mol. The lowest BCUT2D eigenvalue weighted by Crippen LogP contribution is -2.50. The molecule has 8 nitrogen and oxygen atoms in total. The molecule has 1 saturated heterocycles. The lowest BCUT2D eigenvalue weighted by Gasteiger charge is -2.22. The average molecular weight is 458 g/mol. The molecule has 0 radical (unpaired) electrons. The summed E-state index contributed by atoms with van der Waals surface area (Å²) in [6.07, 6.45) is 7.54. The standard InChI is InChI=1S/C23H28ClN5O3/c1-13(2)8-19(22(31)27-17(12-25)10-14-6-7-26-21(14)30)29-23(32)20-11-15-9-16(24)4-3-5-18(15)28-20/h4-5,9,11,13-14,17,19,28H,3,6-8,10H2,1-2H3,(H,26,30)(H,27,31)(H,29,32)/t14-,17-,19-/m0/s1. The highest BCUT2D eigenvalue weighted by Gasteiger charge is 2.30. The molecule has 3 rings (SSSR count). The molecule has 3 amide bonds. The van der Waals surface area contributed by atoms with E-state index in [0.29, 0.717) is 36.5 Å². The smallest absolute Gasteiger partial charge is 0.268 e. The second-order valence-corrected chi connectivity index (χ2v) is 9.02. The van der Waals surface area contributed by atoms with Crippen molar-refractivity contribution in [3.8, 4) is 6.07 Å². The van der Waals surface area contributed by atoms with Crippen LogP contribution < -0.4 is 26.5 Å². The summed E-state index contributed by atoms with van der Waals surface area (Å²) in [5.74, 6) is -1.10. The minimum Gasteiger partial charge on any atom is -0.356 e. The highest BCUT2D eigenvalue weighted by molar-refractivity contribution is 6.34. The summed E-state index contributed by atoms with van der Waals surface area (Å²) in [5, 5.41) is 19.9. The number of halogens is 1. The van der Waals surface area contributed by atoms with Gasteiger partial charge in [-0.1, -0.05) is 37.6 Å². The summed E-state index contributed by atoms with van der Waals surface area (Å²) in [6.45, 7) is 4.48. The molecule has 1 aliphatic carbocycles. The number of aromatic nitrogens is 1. The normalized spacial score (nSPS) is 19.3. The molecule has 2 heterocycles. The van der Waals surface area contributed by atoms with E-state index in [0.717, 1.165) is 10.6 Å². The number of amides is 3. The number of hydrogen-bond acceptors (Lipinski definition) is 4. The van der Waals surface area contributed by atoms with Gasteiger partial charge in [0, 0.05) is 28.1 Å². The van der Waals surface area contributed by atoms with Gasteiger partial charge in [-0.15, -0.1) is 0 Å². The van der Waals surface area contributed by atoms with Crippen LogP contribution in [0.5, 0.6) is 0 Å². The number of allylic oxidation sites excluding steroid dienone is 2. The molecule has 0 spiro atoms. The van der Waals surface area contributed by atoms with Crippen LogP contribution in [0, 0.1) is 23.2 Å². The van der Waals surface area contributed by atoms with E-state index in [1.165, 1.54) is 0 Å². The maximum absolute atomic E-state index is 12.9. The van der Waals surface area contributed by atoms with Gasteiger partial charge in [-0.25, -0.2) is 0 Å². The second-order valence-electron chi connectivity index (χ2n) is 8.58. The molecule has 0 aromatic carbocycles. The van der Waals surface area contributed by atoms with Crippen LogP contribution in [-0.4, -0.2) is 41.3 Å². The number of hydrogen-bond donors (Lipinski definition) is 4. The lowest BCUT2D eigenvalue weighted by atomic mass is 9.98. The fraction of sp³-hybridized carbons (Fsp3) is 0.478. The highest BCUT2D eigenvalue weighted by atomic mass is 35.5. The third-order valence-corrected chi connectivity index (χ3v) is 5.80. The quantitative estimate of drug-likeness (QED) is 0.460. The molecule has 0 unspecified atom stereocenters. The van der Waals surface area contributed by atoms with Crippen LogP contribution in [0.1, 0.15) is 50.0 Å². The first-order valence-electron chi connectivity index (χ1n) is 10.8. The van der Waals surface area contributed by atoms with E-state index >= 15 is 0 Å². The molecular formula is C23H28ClN5O3. The van der Waals surface area contributed by atoms with Crippen molar-refractivity contribution in [2.75, 3.05) is 6.54 Å². The van der Waals surface area contributed by atoms with Gasteiger partial charge in [-0.3, -0.25) is 14.4 Å². The van der Waals surface area contributed by atoms with E-state index in [1.54, 1.807) is 12.1 Å². The van der Waals surface area contributed by atoms with E-state index in [1.807, 2.05) is 26.0 Å². The summed E-state index contributed by atoms with van der Waals surface area (Å²) in [7, 11) is 0. The van der Waals surface area contributed by atoms with E-state index in [4.69, 9.17) is 11.6 Å². The van der Waals surface area contributed by atoms with Crippen LogP contribution in [-0.2, 0) is 9.59 Å². The fourth-order valence-corrected chi connectivity index (χ4v) is 4.11. The number of nitrogens with one attached hydrogen (secondary N) is 4. The Balaban J connectivity index is 1.70. The van der Waals surface area contributed by atoms with Crippen LogP contribution in [0.2, 0.25) is 0 Å². The Labute approximate surface area is 191 Å². The molecule has 9 heteroatoms. The Morgan fingerprint density at radius 3 is 2.75 bits per heavy atom. The first kappa shape index (κ1) is 23.6. The molecule has 4 N–H and O–H groups in total. The second kappa shape index (κ2) is 10.5. The average Bonchev–Trinajstić information content (AvgIpc) is 3.28. The molecule has 2 aliphatic rings. The Bertz CT molecular complexity index is 1080. The van der Waals surface area contributed by atoms with Crippen LogP contribution in [0.4, 0.5) is 0 Å². The zero-order valence-electron chi connectivity index (χ0n) is 18.2. The lowest BCUT2D eigenvalue weighted by molar-refractivity contribution is -0.125. The number of aromatic amines is 1. The van der Waals surface area contributed by atoms with Crippen molar-refractivity contribution >= 4 is 41.5 Å². The van der Waals surface area contributed by atoms with Crippen molar-refractivity contribution in [1.29, 1.82) is 5.26 Å². The third kappa shape index (κ3) is 6.01. The van der Waals surface area contributed by atoms with E-state index in [9.17, 15) is 19.6 Å². The summed E-state index contributed by atoms with van der Waals surface area (Å²) >= 11 is 6.12. The van der Waals surface area contributed by atoms with Gasteiger partial charge in [0.2, 0.25) is 11.8 Å². The molecule has 1 aliphatic heterocycles. The van der Waals surface area contributed by atoms with Gasteiger partial charge in [-0.05, 0) is 43.7 Å². The number of nitrogens with zero attached hydrogens (tertiary/aromatic N) is 1. The zero-order valence-corrected chi connectivity index (χ0v) is 19.0. The molecule has 1 aromatic rings. The van der Waals surface area contributed by atoms with Crippen LogP contribution >= 0.6 is 11.6 Å². The summed E-state index contributed by atoms with van der Waals surface area (Å²) in [6, 6.07) is 2.14. The van der Waals surface area contributed by atoms with Crippen LogP contribution in [0.25, 0.3) is 12.2 Å². The van der Waals surface area contributed by atoms with Crippen molar-refractivity contribution in [2.45, 2.75) is 51.6 Å². The minimum absolute atomic E-state index is 0.0957. The Hall–Kier alpha value is -3.05. The van der Waals surface area contributed by atoms with E-state index < -0.39 is 23.9 Å². The Morgan fingerprint density at radius 1 is 1.31 bits per heavy atom. The SMILES string of the molecule is CC(C)C[C@H](NC(=O)c1cc2c([nH]1)=CCC=C(Cl)C=2)C(=O)N[C@H](C#N)C[C@@H]1CCNC1=O. The number of carbonyl (C=O) groups excluding carboxylic acids is 3. The monoisotopic (exact) mass is 457 g/mol. The summed E-state index contributed by atoms with van der Waals surface area (Å²) in [4.78, 5) is 40.7. The van der Waals surface area contributed by atoms with Gasteiger partial charge in [0.05, 0.1) is 6.07 Å². The topological polar surface area (TPSA) is 127 Å². The maximum atomic E-state index is 12.9. The first-order valence-corrected chi connectivity index (χ1v) is 11.2. The molecule has 1 aromatic heterocycles. The molecule has 32 heavy (non-hydrogen) atoms. The van der Waals surface area contributed by atoms with Crippen molar-refractivity contribution in [3.63, 3.8) is 0 Å². The number of fused-ring (bicyclic) bond motifs is 1. The molecule has 0 saturated carbocycles. The number of rotatable bonds is 8. The van der Waals surface area contributed by atoms with Gasteiger partial charge < -0.3 is 20.9 Å². The van der Waals surface area contributed by atoms with E-state index in [-0.39, 0.29) is 24.2 Å². The molecule has 1 fully saturated rings. The zero-order chi connectivity index (χ0) is 23.3. The fourth-order valence-electron chi connectivity index (χ4n) is 3.90. The summed E-state index contributed by atoms with van der Waals surface area (Å²) < 4.78 is 0. The van der Waals surface area contributed by atoms with Crippen molar-refractivity contribution in [2.24, 2.45) is 11.8 Å². The number of carbonyl (C=O) groups is 3. The predicted octanol–water partition coefficient (Wildman–Crippen LogP) is 0.781. The van der Waals surface area contributed by atoms with Crippen LogP contribution in [0.3, 0.4) is 0 Å². The van der Waals surface area contributed by atoms with E-state index in [2.05, 4.69) is 27.0 Å². The maximum Gasteiger partial charge on any atom is 0.268 e. The molecule has 3 atom stereocenters. The number of H-pyrrole nitrogens is 1. The third-order valence-electron chi connectivity index (χ3n) is 5.54. The minimum atomic E-state index is -0.810. The largest absolute Gasteiger partial charge is 0.356 e. The van der Waals surface area contributed by atoms with Gasteiger partial charge in [0.1, 0.15) is 17.8 Å². The van der Waals surface area contributed by atoms with Crippen LogP contribution in [0.15, 0.2) is 17.2 Å². The van der Waals surface area contributed by atoms with Gasteiger partial charge in [0.25, 0.3) is 5.91 Å². The molecular weight excluding hydrogens is 430 g/mol. The molecule has 0 bridgehead atoms. The number of nitriles is 1. The van der Waals surface area contributed by atoms with Crippen molar-refractivity contribution < 1.29 is 14.4 Å². The Morgan fingerprint density at radius 2 is 2.09 bits per heavy atom. The van der Waals surface area contributed by atoms with Crippen molar-refractivity contribution in [3.05, 3.63) is 33.4 Å². The summed E-state index contributed by atoms with van der Waals surface area (Å²) in [5.41, 5.74) is 0.329. The van der Waals surface area contributed by atoms with Gasteiger partial charge >= 0.3 is 0 Å². The van der Waals surface area contributed by atoms with Gasteiger partial charge in [0.15, 0.2) is 0 Å². The Kier molecular flexibility index (Phi) is 7.75. The molecule has 170 valence electrons. The first-order chi connectivity index (χ1) is 15.3. The highest BCUT2D eigenvalue weighted by Crippen LogP contribution is 2.16.